The van der Waals surface area contributed by atoms with E-state index in [1.807, 2.05) is 0 Å². The lowest BCUT2D eigenvalue weighted by Gasteiger charge is -2.26. The van der Waals surface area contributed by atoms with Crippen molar-refractivity contribution in [2.24, 2.45) is 5.92 Å². The molecule has 1 aliphatic rings. The van der Waals surface area contributed by atoms with Crippen LogP contribution in [0.25, 0.3) is 0 Å². The second kappa shape index (κ2) is 7.78. The highest BCUT2D eigenvalue weighted by Crippen LogP contribution is 2.25. The molecule has 0 aromatic carbocycles. The molecule has 1 N–H and O–H groups in total. The molecule has 1 fully saturated rings. The SMILES string of the molecule is CCCCC(CC)COC(=O)C1(CC)CCCN1. The summed E-state index contributed by atoms with van der Waals surface area (Å²) in [6, 6.07) is 0. The Morgan fingerprint density at radius 2 is 2.17 bits per heavy atom. The molecule has 0 bridgehead atoms. The van der Waals surface area contributed by atoms with Crippen molar-refractivity contribution in [3.63, 3.8) is 0 Å². The van der Waals surface area contributed by atoms with E-state index < -0.39 is 0 Å². The molecule has 1 heterocycles. The molecule has 0 aliphatic carbocycles. The van der Waals surface area contributed by atoms with Crippen LogP contribution in [0.4, 0.5) is 0 Å². The van der Waals surface area contributed by atoms with Crippen LogP contribution in [0.1, 0.15) is 65.7 Å². The summed E-state index contributed by atoms with van der Waals surface area (Å²) in [5.41, 5.74) is -0.386. The van der Waals surface area contributed by atoms with E-state index in [0.717, 1.165) is 32.2 Å². The molecule has 18 heavy (non-hydrogen) atoms. The standard InChI is InChI=1S/C15H29NO2/c1-4-7-9-13(5-2)12-18-14(17)15(6-3)10-8-11-16-15/h13,16H,4-12H2,1-3H3. The first-order valence-electron chi connectivity index (χ1n) is 7.60. The van der Waals surface area contributed by atoms with Gasteiger partial charge in [0, 0.05) is 0 Å². The van der Waals surface area contributed by atoms with E-state index >= 15 is 0 Å². The molecular formula is C15H29NO2. The summed E-state index contributed by atoms with van der Waals surface area (Å²) in [4.78, 5) is 12.2. The Balaban J connectivity index is 2.38. The number of nitrogens with one attached hydrogen (secondary N) is 1. The van der Waals surface area contributed by atoms with Gasteiger partial charge in [-0.25, -0.2) is 0 Å². The Labute approximate surface area is 112 Å². The van der Waals surface area contributed by atoms with Crippen LogP contribution in [0, 0.1) is 5.92 Å². The van der Waals surface area contributed by atoms with Gasteiger partial charge in [-0.05, 0) is 38.1 Å². The average Bonchev–Trinajstić information content (AvgIpc) is 2.88. The predicted octanol–water partition coefficient (Wildman–Crippen LogP) is 3.28. The molecule has 3 heteroatoms. The monoisotopic (exact) mass is 255 g/mol. The van der Waals surface area contributed by atoms with Gasteiger partial charge in [-0.2, -0.15) is 0 Å². The van der Waals surface area contributed by atoms with E-state index in [2.05, 4.69) is 26.1 Å². The summed E-state index contributed by atoms with van der Waals surface area (Å²) < 4.78 is 5.57. The number of hydrogen-bond donors (Lipinski definition) is 1. The Kier molecular flexibility index (Phi) is 6.69. The number of unbranched alkanes of at least 4 members (excludes halogenated alkanes) is 1. The fraction of sp³-hybridized carbons (Fsp3) is 0.933. The van der Waals surface area contributed by atoms with Crippen LogP contribution < -0.4 is 5.32 Å². The summed E-state index contributed by atoms with van der Waals surface area (Å²) in [6.45, 7) is 7.98. The lowest BCUT2D eigenvalue weighted by atomic mass is 9.94. The van der Waals surface area contributed by atoms with E-state index in [0.29, 0.717) is 12.5 Å². The van der Waals surface area contributed by atoms with Crippen molar-refractivity contribution in [2.75, 3.05) is 13.2 Å². The Morgan fingerprint density at radius 3 is 2.67 bits per heavy atom. The van der Waals surface area contributed by atoms with Gasteiger partial charge >= 0.3 is 5.97 Å². The van der Waals surface area contributed by atoms with Gasteiger partial charge in [0.2, 0.25) is 0 Å². The molecule has 2 unspecified atom stereocenters. The van der Waals surface area contributed by atoms with E-state index in [-0.39, 0.29) is 11.5 Å². The average molecular weight is 255 g/mol. The van der Waals surface area contributed by atoms with Crippen LogP contribution in [0.3, 0.4) is 0 Å². The molecule has 0 aromatic rings. The van der Waals surface area contributed by atoms with Crippen molar-refractivity contribution in [2.45, 2.75) is 71.3 Å². The summed E-state index contributed by atoms with van der Waals surface area (Å²) >= 11 is 0. The van der Waals surface area contributed by atoms with E-state index in [1.54, 1.807) is 0 Å². The lowest BCUT2D eigenvalue weighted by Crippen LogP contribution is -2.48. The van der Waals surface area contributed by atoms with Crippen LogP contribution in [0.5, 0.6) is 0 Å². The molecule has 1 rings (SSSR count). The minimum absolute atomic E-state index is 0.0301. The van der Waals surface area contributed by atoms with Crippen molar-refractivity contribution in [1.82, 2.24) is 5.32 Å². The molecular weight excluding hydrogens is 226 g/mol. The number of carbonyl (C=O) groups is 1. The maximum atomic E-state index is 12.2. The first-order valence-corrected chi connectivity index (χ1v) is 7.60. The van der Waals surface area contributed by atoms with Crippen LogP contribution in [0.15, 0.2) is 0 Å². The largest absolute Gasteiger partial charge is 0.464 e. The molecule has 2 atom stereocenters. The molecule has 106 valence electrons. The van der Waals surface area contributed by atoms with Gasteiger partial charge in [0.25, 0.3) is 0 Å². The van der Waals surface area contributed by atoms with Gasteiger partial charge in [-0.3, -0.25) is 4.79 Å². The quantitative estimate of drug-likeness (QED) is 0.676. The zero-order chi connectivity index (χ0) is 13.4. The molecule has 1 saturated heterocycles. The van der Waals surface area contributed by atoms with Gasteiger partial charge in [0.15, 0.2) is 0 Å². The Hall–Kier alpha value is -0.570. The Morgan fingerprint density at radius 1 is 1.39 bits per heavy atom. The first-order chi connectivity index (χ1) is 8.68. The number of rotatable bonds is 8. The third-order valence-electron chi connectivity index (χ3n) is 4.23. The lowest BCUT2D eigenvalue weighted by molar-refractivity contribution is -0.152. The molecule has 0 amide bonds. The predicted molar refractivity (Wildman–Crippen MR) is 74.5 cm³/mol. The minimum atomic E-state index is -0.386. The molecule has 0 radical (unpaired) electrons. The van der Waals surface area contributed by atoms with Crippen molar-refractivity contribution >= 4 is 5.97 Å². The van der Waals surface area contributed by atoms with Crippen LogP contribution in [-0.4, -0.2) is 24.7 Å². The maximum Gasteiger partial charge on any atom is 0.326 e. The fourth-order valence-corrected chi connectivity index (χ4v) is 2.66. The molecule has 0 aromatic heterocycles. The van der Waals surface area contributed by atoms with Crippen molar-refractivity contribution in [3.05, 3.63) is 0 Å². The minimum Gasteiger partial charge on any atom is -0.464 e. The summed E-state index contributed by atoms with van der Waals surface area (Å²) in [5.74, 6) is 0.502. The molecule has 0 spiro atoms. The Bertz CT molecular complexity index is 247. The number of esters is 1. The summed E-state index contributed by atoms with van der Waals surface area (Å²) in [7, 11) is 0. The summed E-state index contributed by atoms with van der Waals surface area (Å²) in [6.07, 6.45) is 7.55. The zero-order valence-electron chi connectivity index (χ0n) is 12.3. The first kappa shape index (κ1) is 15.5. The van der Waals surface area contributed by atoms with Crippen molar-refractivity contribution in [3.8, 4) is 0 Å². The van der Waals surface area contributed by atoms with E-state index in [4.69, 9.17) is 4.74 Å². The fourth-order valence-electron chi connectivity index (χ4n) is 2.66. The number of ether oxygens (including phenoxy) is 1. The smallest absolute Gasteiger partial charge is 0.326 e. The number of hydrogen-bond acceptors (Lipinski definition) is 3. The van der Waals surface area contributed by atoms with Gasteiger partial charge in [-0.15, -0.1) is 0 Å². The van der Waals surface area contributed by atoms with Crippen molar-refractivity contribution in [1.29, 1.82) is 0 Å². The van der Waals surface area contributed by atoms with E-state index in [9.17, 15) is 4.79 Å². The third-order valence-corrected chi connectivity index (χ3v) is 4.23. The van der Waals surface area contributed by atoms with Crippen LogP contribution in [0.2, 0.25) is 0 Å². The van der Waals surface area contributed by atoms with E-state index in [1.165, 1.54) is 19.3 Å². The van der Waals surface area contributed by atoms with Gasteiger partial charge in [0.05, 0.1) is 6.61 Å². The zero-order valence-corrected chi connectivity index (χ0v) is 12.3. The summed E-state index contributed by atoms with van der Waals surface area (Å²) in [5, 5.41) is 3.33. The topological polar surface area (TPSA) is 38.3 Å². The van der Waals surface area contributed by atoms with Crippen LogP contribution in [-0.2, 0) is 9.53 Å². The second-order valence-electron chi connectivity index (χ2n) is 5.48. The van der Waals surface area contributed by atoms with Crippen molar-refractivity contribution < 1.29 is 9.53 Å². The van der Waals surface area contributed by atoms with Gasteiger partial charge in [0.1, 0.15) is 5.54 Å². The molecule has 0 saturated carbocycles. The normalized spacial score (nSPS) is 25.1. The highest BCUT2D eigenvalue weighted by atomic mass is 16.5. The maximum absolute atomic E-state index is 12.2. The van der Waals surface area contributed by atoms with Gasteiger partial charge in [-0.1, -0.05) is 40.0 Å². The number of carbonyl (C=O) groups excluding carboxylic acids is 1. The molecule has 3 nitrogen and oxygen atoms in total. The highest BCUT2D eigenvalue weighted by Gasteiger charge is 2.40. The van der Waals surface area contributed by atoms with Crippen LogP contribution >= 0.6 is 0 Å². The highest BCUT2D eigenvalue weighted by molar-refractivity contribution is 5.81. The molecule has 1 aliphatic heterocycles. The van der Waals surface area contributed by atoms with Gasteiger partial charge < -0.3 is 10.1 Å². The second-order valence-corrected chi connectivity index (χ2v) is 5.48. The third kappa shape index (κ3) is 3.98.